The van der Waals surface area contributed by atoms with E-state index in [1.807, 2.05) is 6.07 Å². The summed E-state index contributed by atoms with van der Waals surface area (Å²) in [5.41, 5.74) is 1.26. The molecule has 1 atom stereocenters. The number of rotatable bonds is 5. The average Bonchev–Trinajstić information content (AvgIpc) is 3.31. The van der Waals surface area contributed by atoms with Crippen LogP contribution in [0.4, 0.5) is 0 Å². The van der Waals surface area contributed by atoms with Crippen molar-refractivity contribution in [3.8, 4) is 0 Å². The number of morpholine rings is 1. The lowest BCUT2D eigenvalue weighted by atomic mass is 9.97. The van der Waals surface area contributed by atoms with E-state index in [2.05, 4.69) is 29.2 Å². The molecule has 1 aromatic carbocycles. The average molecular weight is 296 g/mol. The molecular formula is C16H22ClNO2. The summed E-state index contributed by atoms with van der Waals surface area (Å²) in [5.74, 6) is 0.799. The maximum Gasteiger partial charge on any atom is 0.137 e. The molecule has 0 N–H and O–H groups in total. The van der Waals surface area contributed by atoms with Crippen LogP contribution in [-0.4, -0.2) is 37.0 Å². The highest BCUT2D eigenvalue weighted by atomic mass is 35.5. The van der Waals surface area contributed by atoms with Crippen molar-refractivity contribution < 1.29 is 9.53 Å². The number of Topliss-reactive ketones (excluding diaryl/α,β-unsaturated/α-hetero) is 1. The van der Waals surface area contributed by atoms with Gasteiger partial charge in [0.2, 0.25) is 0 Å². The minimum atomic E-state index is 0. The first kappa shape index (κ1) is 15.5. The summed E-state index contributed by atoms with van der Waals surface area (Å²) in [6.07, 6.45) is 2.86. The number of nitrogens with zero attached hydrogens (tertiary/aromatic N) is 1. The van der Waals surface area contributed by atoms with Crippen LogP contribution in [0.3, 0.4) is 0 Å². The number of hydrogen-bond acceptors (Lipinski definition) is 3. The first-order valence-corrected chi connectivity index (χ1v) is 7.24. The number of halogens is 1. The minimum Gasteiger partial charge on any atom is -0.379 e. The van der Waals surface area contributed by atoms with E-state index in [1.54, 1.807) is 0 Å². The summed E-state index contributed by atoms with van der Waals surface area (Å²) in [4.78, 5) is 14.6. The van der Waals surface area contributed by atoms with Crippen LogP contribution in [0.1, 0.15) is 30.9 Å². The van der Waals surface area contributed by atoms with Gasteiger partial charge in [0.25, 0.3) is 0 Å². The van der Waals surface area contributed by atoms with Gasteiger partial charge in [0.1, 0.15) is 5.78 Å². The molecule has 1 aromatic rings. The van der Waals surface area contributed by atoms with Gasteiger partial charge >= 0.3 is 0 Å². The lowest BCUT2D eigenvalue weighted by Crippen LogP contribution is -2.40. The smallest absolute Gasteiger partial charge is 0.137 e. The summed E-state index contributed by atoms with van der Waals surface area (Å²) in [7, 11) is 0. The fraction of sp³-hybridized carbons (Fsp3) is 0.562. The van der Waals surface area contributed by atoms with E-state index >= 15 is 0 Å². The van der Waals surface area contributed by atoms with E-state index in [1.165, 1.54) is 5.56 Å². The molecule has 1 heterocycles. The Balaban J connectivity index is 0.00000147. The van der Waals surface area contributed by atoms with Crippen molar-refractivity contribution >= 4 is 18.2 Å². The topological polar surface area (TPSA) is 29.5 Å². The summed E-state index contributed by atoms with van der Waals surface area (Å²) in [5, 5.41) is 0. The lowest BCUT2D eigenvalue weighted by molar-refractivity contribution is -0.122. The van der Waals surface area contributed by atoms with Crippen molar-refractivity contribution in [1.29, 1.82) is 0 Å². The van der Waals surface area contributed by atoms with Gasteiger partial charge in [-0.1, -0.05) is 30.3 Å². The van der Waals surface area contributed by atoms with Gasteiger partial charge in [-0.3, -0.25) is 9.69 Å². The third kappa shape index (κ3) is 3.81. The van der Waals surface area contributed by atoms with Gasteiger partial charge in [0, 0.05) is 31.5 Å². The molecule has 110 valence electrons. The van der Waals surface area contributed by atoms with Crippen LogP contribution in [0.25, 0.3) is 0 Å². The zero-order valence-corrected chi connectivity index (χ0v) is 12.5. The molecule has 0 radical (unpaired) electrons. The molecule has 0 amide bonds. The normalized spacial score (nSPS) is 21.0. The number of carbonyl (C=O) groups excluding carboxylic acids is 1. The van der Waals surface area contributed by atoms with Crippen molar-refractivity contribution in [2.45, 2.75) is 25.3 Å². The Morgan fingerprint density at radius 1 is 1.20 bits per heavy atom. The molecule has 4 heteroatoms. The second kappa shape index (κ2) is 7.21. The molecule has 3 rings (SSSR count). The van der Waals surface area contributed by atoms with Crippen LogP contribution >= 0.6 is 12.4 Å². The highest BCUT2D eigenvalue weighted by molar-refractivity contribution is 5.85. The molecule has 1 aliphatic carbocycles. The Labute approximate surface area is 126 Å². The van der Waals surface area contributed by atoms with Crippen molar-refractivity contribution in [2.24, 2.45) is 5.92 Å². The van der Waals surface area contributed by atoms with Crippen LogP contribution < -0.4 is 0 Å². The van der Waals surface area contributed by atoms with E-state index < -0.39 is 0 Å². The van der Waals surface area contributed by atoms with Crippen molar-refractivity contribution in [3.63, 3.8) is 0 Å². The predicted octanol–water partition coefficient (Wildman–Crippen LogP) is 2.85. The molecule has 2 fully saturated rings. The van der Waals surface area contributed by atoms with Crippen LogP contribution in [0.2, 0.25) is 0 Å². The van der Waals surface area contributed by atoms with Gasteiger partial charge in [-0.05, 0) is 18.4 Å². The highest BCUT2D eigenvalue weighted by Gasteiger charge is 2.33. The molecule has 1 saturated carbocycles. The standard InChI is InChI=1S/C16H21NO2.ClH/c18-16(14-6-7-14)12-15(13-4-2-1-3-5-13)17-8-10-19-11-9-17;/h1-5,14-15H,6-12H2;1H. The van der Waals surface area contributed by atoms with Crippen LogP contribution in [-0.2, 0) is 9.53 Å². The largest absolute Gasteiger partial charge is 0.379 e. The number of hydrogen-bond donors (Lipinski definition) is 0. The predicted molar refractivity (Wildman–Crippen MR) is 81.2 cm³/mol. The first-order valence-electron chi connectivity index (χ1n) is 7.24. The van der Waals surface area contributed by atoms with E-state index in [9.17, 15) is 4.79 Å². The summed E-state index contributed by atoms with van der Waals surface area (Å²) >= 11 is 0. The van der Waals surface area contributed by atoms with Gasteiger partial charge in [-0.2, -0.15) is 0 Å². The Bertz CT molecular complexity index is 427. The summed E-state index contributed by atoms with van der Waals surface area (Å²) in [6, 6.07) is 10.7. The van der Waals surface area contributed by atoms with Crippen molar-refractivity contribution in [2.75, 3.05) is 26.3 Å². The van der Waals surface area contributed by atoms with E-state index in [0.717, 1.165) is 39.1 Å². The van der Waals surface area contributed by atoms with Crippen LogP contribution in [0, 0.1) is 5.92 Å². The SMILES string of the molecule is Cl.O=C(CC(c1ccccc1)N1CCOCC1)C1CC1. The molecule has 2 aliphatic rings. The minimum absolute atomic E-state index is 0. The Kier molecular flexibility index (Phi) is 5.58. The lowest BCUT2D eigenvalue weighted by Gasteiger charge is -2.34. The third-order valence-electron chi connectivity index (χ3n) is 4.10. The maximum atomic E-state index is 12.2. The molecule has 0 spiro atoms. The second-order valence-electron chi connectivity index (χ2n) is 5.52. The van der Waals surface area contributed by atoms with Gasteiger partial charge in [-0.15, -0.1) is 12.4 Å². The summed E-state index contributed by atoms with van der Waals surface area (Å²) < 4.78 is 5.42. The van der Waals surface area contributed by atoms with Crippen LogP contribution in [0.5, 0.6) is 0 Å². The Morgan fingerprint density at radius 3 is 2.45 bits per heavy atom. The van der Waals surface area contributed by atoms with Crippen molar-refractivity contribution in [3.05, 3.63) is 35.9 Å². The second-order valence-corrected chi connectivity index (χ2v) is 5.52. The number of benzene rings is 1. The third-order valence-corrected chi connectivity index (χ3v) is 4.10. The molecular weight excluding hydrogens is 274 g/mol. The zero-order chi connectivity index (χ0) is 13.1. The number of carbonyl (C=O) groups is 1. The van der Waals surface area contributed by atoms with E-state index in [-0.39, 0.29) is 18.4 Å². The maximum absolute atomic E-state index is 12.2. The molecule has 0 aromatic heterocycles. The van der Waals surface area contributed by atoms with Gasteiger partial charge in [0.15, 0.2) is 0 Å². The Morgan fingerprint density at radius 2 is 1.85 bits per heavy atom. The molecule has 1 saturated heterocycles. The number of ether oxygens (including phenoxy) is 1. The number of ketones is 1. The highest BCUT2D eigenvalue weighted by Crippen LogP contribution is 2.35. The van der Waals surface area contributed by atoms with Crippen LogP contribution in [0.15, 0.2) is 30.3 Å². The van der Waals surface area contributed by atoms with Gasteiger partial charge in [-0.25, -0.2) is 0 Å². The summed E-state index contributed by atoms with van der Waals surface area (Å²) in [6.45, 7) is 3.41. The molecule has 1 aliphatic heterocycles. The fourth-order valence-electron chi connectivity index (χ4n) is 2.78. The van der Waals surface area contributed by atoms with Gasteiger partial charge in [0.05, 0.1) is 13.2 Å². The first-order chi connectivity index (χ1) is 9.34. The molecule has 1 unspecified atom stereocenters. The van der Waals surface area contributed by atoms with E-state index in [0.29, 0.717) is 18.1 Å². The Hall–Kier alpha value is -0.900. The zero-order valence-electron chi connectivity index (χ0n) is 11.7. The molecule has 0 bridgehead atoms. The van der Waals surface area contributed by atoms with E-state index in [4.69, 9.17) is 4.74 Å². The van der Waals surface area contributed by atoms with Gasteiger partial charge < -0.3 is 4.74 Å². The fourth-order valence-corrected chi connectivity index (χ4v) is 2.78. The molecule has 3 nitrogen and oxygen atoms in total. The van der Waals surface area contributed by atoms with Crippen molar-refractivity contribution in [1.82, 2.24) is 4.90 Å². The molecule has 20 heavy (non-hydrogen) atoms. The quantitative estimate of drug-likeness (QED) is 0.836. The monoisotopic (exact) mass is 295 g/mol.